The summed E-state index contributed by atoms with van der Waals surface area (Å²) in [5, 5.41) is 7.84. The van der Waals surface area contributed by atoms with E-state index in [2.05, 4.69) is 17.3 Å². The number of carbonyl (C=O) groups is 1. The van der Waals surface area contributed by atoms with E-state index in [0.29, 0.717) is 5.92 Å². The van der Waals surface area contributed by atoms with Crippen molar-refractivity contribution in [2.45, 2.75) is 58.0 Å². The van der Waals surface area contributed by atoms with Crippen LogP contribution in [0.15, 0.2) is 12.3 Å². The van der Waals surface area contributed by atoms with Crippen molar-refractivity contribution in [3.8, 4) is 0 Å². The van der Waals surface area contributed by atoms with Crippen LogP contribution in [0.1, 0.15) is 44.7 Å². The molecule has 1 aliphatic carbocycles. The SMILES string of the molecule is CCCNC1(C(N)=O)CCCC1CCn1ccc(C)n1. The van der Waals surface area contributed by atoms with E-state index in [1.54, 1.807) is 0 Å². The summed E-state index contributed by atoms with van der Waals surface area (Å²) in [7, 11) is 0. The summed E-state index contributed by atoms with van der Waals surface area (Å²) in [5.41, 5.74) is 6.24. The monoisotopic (exact) mass is 278 g/mol. The van der Waals surface area contributed by atoms with Gasteiger partial charge in [0, 0.05) is 12.7 Å². The third-order valence-corrected chi connectivity index (χ3v) is 4.43. The highest BCUT2D eigenvalue weighted by molar-refractivity contribution is 5.85. The summed E-state index contributed by atoms with van der Waals surface area (Å²) in [6.07, 6.45) is 6.96. The van der Waals surface area contributed by atoms with Crippen molar-refractivity contribution in [2.75, 3.05) is 6.54 Å². The van der Waals surface area contributed by atoms with E-state index in [-0.39, 0.29) is 5.91 Å². The maximum absolute atomic E-state index is 12.0. The predicted molar refractivity (Wildman–Crippen MR) is 79.1 cm³/mol. The Bertz CT molecular complexity index is 456. The minimum Gasteiger partial charge on any atom is -0.368 e. The van der Waals surface area contributed by atoms with Crippen LogP contribution in [0.25, 0.3) is 0 Å². The molecule has 0 bridgehead atoms. The van der Waals surface area contributed by atoms with Gasteiger partial charge in [-0.05, 0) is 51.1 Å². The van der Waals surface area contributed by atoms with Crippen molar-refractivity contribution in [3.63, 3.8) is 0 Å². The Hall–Kier alpha value is -1.36. The molecular weight excluding hydrogens is 252 g/mol. The van der Waals surface area contributed by atoms with Gasteiger partial charge in [-0.25, -0.2) is 0 Å². The molecule has 0 radical (unpaired) electrons. The van der Waals surface area contributed by atoms with E-state index in [9.17, 15) is 4.79 Å². The van der Waals surface area contributed by atoms with Gasteiger partial charge in [-0.3, -0.25) is 9.48 Å². The third kappa shape index (κ3) is 3.03. The minimum atomic E-state index is -0.502. The molecule has 1 aromatic heterocycles. The molecule has 1 fully saturated rings. The van der Waals surface area contributed by atoms with Gasteiger partial charge in [-0.15, -0.1) is 0 Å². The Labute approximate surface area is 120 Å². The second-order valence-corrected chi connectivity index (χ2v) is 5.86. The lowest BCUT2D eigenvalue weighted by molar-refractivity contribution is -0.126. The van der Waals surface area contributed by atoms with Crippen molar-refractivity contribution in [1.29, 1.82) is 0 Å². The van der Waals surface area contributed by atoms with Crippen LogP contribution in [0.4, 0.5) is 0 Å². The molecule has 3 N–H and O–H groups in total. The Balaban J connectivity index is 2.02. The topological polar surface area (TPSA) is 72.9 Å². The normalized spacial score (nSPS) is 26.0. The van der Waals surface area contributed by atoms with Crippen LogP contribution in [0.5, 0.6) is 0 Å². The Morgan fingerprint density at radius 1 is 1.65 bits per heavy atom. The van der Waals surface area contributed by atoms with E-state index >= 15 is 0 Å². The maximum Gasteiger partial charge on any atom is 0.238 e. The van der Waals surface area contributed by atoms with Crippen LogP contribution in [0.2, 0.25) is 0 Å². The second kappa shape index (κ2) is 6.39. The van der Waals surface area contributed by atoms with Crippen LogP contribution in [0, 0.1) is 12.8 Å². The number of aryl methyl sites for hydroxylation is 2. The highest BCUT2D eigenvalue weighted by Crippen LogP contribution is 2.38. The second-order valence-electron chi connectivity index (χ2n) is 5.86. The molecule has 20 heavy (non-hydrogen) atoms. The smallest absolute Gasteiger partial charge is 0.238 e. The van der Waals surface area contributed by atoms with Gasteiger partial charge in [-0.1, -0.05) is 13.3 Å². The fourth-order valence-corrected chi connectivity index (χ4v) is 3.34. The number of rotatable bonds is 7. The molecule has 5 nitrogen and oxygen atoms in total. The first-order valence-corrected chi connectivity index (χ1v) is 7.63. The molecule has 1 saturated carbocycles. The molecule has 112 valence electrons. The largest absolute Gasteiger partial charge is 0.368 e. The summed E-state index contributed by atoms with van der Waals surface area (Å²) in [6.45, 7) is 5.79. The van der Waals surface area contributed by atoms with Gasteiger partial charge in [0.2, 0.25) is 5.91 Å². The predicted octanol–water partition coefficient (Wildman–Crippen LogP) is 1.61. The first kappa shape index (κ1) is 15.0. The van der Waals surface area contributed by atoms with E-state index in [0.717, 1.165) is 50.9 Å². The van der Waals surface area contributed by atoms with Crippen molar-refractivity contribution in [2.24, 2.45) is 11.7 Å². The van der Waals surface area contributed by atoms with Crippen molar-refractivity contribution < 1.29 is 4.79 Å². The van der Waals surface area contributed by atoms with Gasteiger partial charge in [0.05, 0.1) is 5.69 Å². The summed E-state index contributed by atoms with van der Waals surface area (Å²) in [4.78, 5) is 12.0. The highest BCUT2D eigenvalue weighted by atomic mass is 16.1. The first-order chi connectivity index (χ1) is 9.58. The Kier molecular flexibility index (Phi) is 4.81. The van der Waals surface area contributed by atoms with Crippen LogP contribution >= 0.6 is 0 Å². The molecular formula is C15H26N4O. The number of nitrogens with one attached hydrogen (secondary N) is 1. The molecule has 5 heteroatoms. The van der Waals surface area contributed by atoms with Gasteiger partial charge >= 0.3 is 0 Å². The minimum absolute atomic E-state index is 0.190. The summed E-state index contributed by atoms with van der Waals surface area (Å²) < 4.78 is 1.96. The average molecular weight is 278 g/mol. The zero-order valence-corrected chi connectivity index (χ0v) is 12.6. The number of amides is 1. The number of hydrogen-bond acceptors (Lipinski definition) is 3. The van der Waals surface area contributed by atoms with Crippen LogP contribution in [0.3, 0.4) is 0 Å². The van der Waals surface area contributed by atoms with Gasteiger partial charge in [0.1, 0.15) is 5.54 Å². The van der Waals surface area contributed by atoms with E-state index < -0.39 is 5.54 Å². The number of carbonyl (C=O) groups excluding carboxylic acids is 1. The molecule has 0 aliphatic heterocycles. The molecule has 2 atom stereocenters. The molecule has 2 unspecified atom stereocenters. The fourth-order valence-electron chi connectivity index (χ4n) is 3.34. The van der Waals surface area contributed by atoms with E-state index in [1.165, 1.54) is 0 Å². The lowest BCUT2D eigenvalue weighted by Crippen LogP contribution is -2.58. The van der Waals surface area contributed by atoms with Gasteiger partial charge in [0.15, 0.2) is 0 Å². The van der Waals surface area contributed by atoms with Crippen molar-refractivity contribution in [1.82, 2.24) is 15.1 Å². The van der Waals surface area contributed by atoms with Crippen molar-refractivity contribution >= 4 is 5.91 Å². The first-order valence-electron chi connectivity index (χ1n) is 7.63. The quantitative estimate of drug-likeness (QED) is 0.796. The summed E-state index contributed by atoms with van der Waals surface area (Å²) in [5.74, 6) is 0.126. The number of nitrogens with zero attached hydrogens (tertiary/aromatic N) is 2. The molecule has 0 spiro atoms. The lowest BCUT2D eigenvalue weighted by atomic mass is 9.83. The average Bonchev–Trinajstić information content (AvgIpc) is 3.01. The summed E-state index contributed by atoms with van der Waals surface area (Å²) in [6, 6.07) is 2.01. The van der Waals surface area contributed by atoms with Crippen LogP contribution < -0.4 is 11.1 Å². The van der Waals surface area contributed by atoms with Crippen LogP contribution in [-0.4, -0.2) is 27.8 Å². The standard InChI is InChI=1S/C15H26N4O/c1-3-9-17-15(14(16)20)8-4-5-13(15)7-11-19-10-6-12(2)18-19/h6,10,13,17H,3-5,7-9,11H2,1-2H3,(H2,16,20). The van der Waals surface area contributed by atoms with Gasteiger partial charge < -0.3 is 11.1 Å². The molecule has 0 aromatic carbocycles. The Morgan fingerprint density at radius 2 is 2.45 bits per heavy atom. The molecule has 1 heterocycles. The van der Waals surface area contributed by atoms with Gasteiger partial charge in [0.25, 0.3) is 0 Å². The number of aromatic nitrogens is 2. The van der Waals surface area contributed by atoms with Crippen molar-refractivity contribution in [3.05, 3.63) is 18.0 Å². The molecule has 1 aromatic rings. The van der Waals surface area contributed by atoms with E-state index in [4.69, 9.17) is 5.73 Å². The molecule has 0 saturated heterocycles. The van der Waals surface area contributed by atoms with Crippen LogP contribution in [-0.2, 0) is 11.3 Å². The number of primary amides is 1. The Morgan fingerprint density at radius 3 is 3.05 bits per heavy atom. The summed E-state index contributed by atoms with van der Waals surface area (Å²) >= 11 is 0. The lowest BCUT2D eigenvalue weighted by Gasteiger charge is -2.33. The zero-order valence-electron chi connectivity index (χ0n) is 12.6. The number of nitrogens with two attached hydrogens (primary N) is 1. The third-order valence-electron chi connectivity index (χ3n) is 4.43. The number of hydrogen-bond donors (Lipinski definition) is 2. The van der Waals surface area contributed by atoms with Gasteiger partial charge in [-0.2, -0.15) is 5.10 Å². The highest BCUT2D eigenvalue weighted by Gasteiger charge is 2.46. The molecule has 1 aliphatic rings. The fraction of sp³-hybridized carbons (Fsp3) is 0.733. The maximum atomic E-state index is 12.0. The zero-order chi connectivity index (χ0) is 14.6. The molecule has 2 rings (SSSR count). The van der Waals surface area contributed by atoms with E-state index in [1.807, 2.05) is 23.9 Å². The molecule has 1 amide bonds.